The number of primary amides is 1. The van der Waals surface area contributed by atoms with E-state index in [0.717, 1.165) is 25.7 Å². The Kier molecular flexibility index (Phi) is 7.74. The van der Waals surface area contributed by atoms with E-state index in [4.69, 9.17) is 11.5 Å². The maximum absolute atomic E-state index is 12.1. The molecule has 0 bridgehead atoms. The summed E-state index contributed by atoms with van der Waals surface area (Å²) in [5.74, 6) is -0.526. The van der Waals surface area contributed by atoms with Crippen molar-refractivity contribution in [2.45, 2.75) is 57.0 Å². The first-order chi connectivity index (χ1) is 10.1. The van der Waals surface area contributed by atoms with Gasteiger partial charge in [-0.2, -0.15) is 0 Å². The molecule has 2 atom stereocenters. The third kappa shape index (κ3) is 6.12. The number of carbonyl (C=O) groups is 3. The Hall–Kier alpha value is -1.63. The van der Waals surface area contributed by atoms with Gasteiger partial charge in [0.05, 0.1) is 0 Å². The molecule has 0 unspecified atom stereocenters. The Labute approximate surface area is 125 Å². The quantitative estimate of drug-likeness (QED) is 0.423. The van der Waals surface area contributed by atoms with Crippen LogP contribution < -0.4 is 22.1 Å². The van der Waals surface area contributed by atoms with Crippen molar-refractivity contribution in [3.63, 3.8) is 0 Å². The summed E-state index contributed by atoms with van der Waals surface area (Å²) in [7, 11) is 0. The van der Waals surface area contributed by atoms with Gasteiger partial charge in [-0.25, -0.2) is 0 Å². The van der Waals surface area contributed by atoms with E-state index in [2.05, 4.69) is 10.6 Å². The summed E-state index contributed by atoms with van der Waals surface area (Å²) in [6.07, 6.45) is 7.03. The van der Waals surface area contributed by atoms with E-state index in [1.165, 1.54) is 6.42 Å². The van der Waals surface area contributed by atoms with Gasteiger partial charge in [-0.15, -0.1) is 0 Å². The monoisotopic (exact) mass is 298 g/mol. The van der Waals surface area contributed by atoms with E-state index < -0.39 is 23.9 Å². The Morgan fingerprint density at radius 2 is 1.86 bits per heavy atom. The molecule has 6 N–H and O–H groups in total. The SMILES string of the molecule is NCC[C@H](NC=O)C(=O)N[C@@H](CC1CCCCC1)C(N)=O. The summed E-state index contributed by atoms with van der Waals surface area (Å²) in [6.45, 7) is 0.267. The molecule has 0 spiro atoms. The van der Waals surface area contributed by atoms with Gasteiger partial charge in [0.1, 0.15) is 12.1 Å². The zero-order valence-corrected chi connectivity index (χ0v) is 12.3. The van der Waals surface area contributed by atoms with Crippen LogP contribution in [0.1, 0.15) is 44.9 Å². The molecule has 7 nitrogen and oxygen atoms in total. The molecule has 0 aliphatic heterocycles. The highest BCUT2D eigenvalue weighted by Crippen LogP contribution is 2.27. The Morgan fingerprint density at radius 1 is 1.19 bits per heavy atom. The fourth-order valence-electron chi connectivity index (χ4n) is 2.81. The first-order valence-corrected chi connectivity index (χ1v) is 7.58. The molecule has 0 heterocycles. The van der Waals surface area contributed by atoms with Crippen LogP contribution in [0.4, 0.5) is 0 Å². The number of nitrogens with two attached hydrogens (primary N) is 2. The van der Waals surface area contributed by atoms with Crippen LogP contribution >= 0.6 is 0 Å². The summed E-state index contributed by atoms with van der Waals surface area (Å²) in [4.78, 5) is 34.1. The van der Waals surface area contributed by atoms with Gasteiger partial charge in [0, 0.05) is 0 Å². The molecular formula is C14H26N4O3. The molecule has 1 aliphatic carbocycles. The lowest BCUT2D eigenvalue weighted by Gasteiger charge is -2.26. The normalized spacial score (nSPS) is 18.5. The van der Waals surface area contributed by atoms with Crippen molar-refractivity contribution in [2.24, 2.45) is 17.4 Å². The molecule has 0 saturated heterocycles. The molecule has 7 heteroatoms. The number of nitrogens with one attached hydrogen (secondary N) is 2. The van der Waals surface area contributed by atoms with Crippen molar-refractivity contribution in [1.82, 2.24) is 10.6 Å². The second-order valence-electron chi connectivity index (χ2n) is 5.62. The summed E-state index contributed by atoms with van der Waals surface area (Å²) < 4.78 is 0. The number of hydrogen-bond donors (Lipinski definition) is 4. The molecule has 1 fully saturated rings. The van der Waals surface area contributed by atoms with Crippen LogP contribution in [-0.4, -0.2) is 36.9 Å². The van der Waals surface area contributed by atoms with E-state index >= 15 is 0 Å². The third-order valence-corrected chi connectivity index (χ3v) is 3.99. The van der Waals surface area contributed by atoms with Crippen molar-refractivity contribution in [3.05, 3.63) is 0 Å². The molecule has 0 aromatic heterocycles. The van der Waals surface area contributed by atoms with Gasteiger partial charge in [-0.1, -0.05) is 32.1 Å². The van der Waals surface area contributed by atoms with Gasteiger partial charge < -0.3 is 22.1 Å². The van der Waals surface area contributed by atoms with E-state index in [1.807, 2.05) is 0 Å². The number of rotatable bonds is 9. The van der Waals surface area contributed by atoms with Crippen LogP contribution in [0, 0.1) is 5.92 Å². The fourth-order valence-corrected chi connectivity index (χ4v) is 2.81. The molecule has 0 aromatic carbocycles. The highest BCUT2D eigenvalue weighted by Gasteiger charge is 2.26. The van der Waals surface area contributed by atoms with Crippen molar-refractivity contribution in [1.29, 1.82) is 0 Å². The van der Waals surface area contributed by atoms with E-state index in [0.29, 0.717) is 25.2 Å². The predicted molar refractivity (Wildman–Crippen MR) is 79.0 cm³/mol. The van der Waals surface area contributed by atoms with Crippen LogP contribution in [0.3, 0.4) is 0 Å². The first kappa shape index (κ1) is 17.4. The van der Waals surface area contributed by atoms with Crippen molar-refractivity contribution in [3.8, 4) is 0 Å². The molecule has 1 rings (SSSR count). The molecular weight excluding hydrogens is 272 g/mol. The van der Waals surface area contributed by atoms with Crippen LogP contribution in [-0.2, 0) is 14.4 Å². The zero-order chi connectivity index (χ0) is 15.7. The number of amides is 3. The van der Waals surface area contributed by atoms with Gasteiger partial charge in [-0.3, -0.25) is 14.4 Å². The maximum atomic E-state index is 12.1. The van der Waals surface area contributed by atoms with E-state index in [1.54, 1.807) is 0 Å². The first-order valence-electron chi connectivity index (χ1n) is 7.58. The second-order valence-corrected chi connectivity index (χ2v) is 5.62. The van der Waals surface area contributed by atoms with Crippen LogP contribution in [0.5, 0.6) is 0 Å². The molecule has 1 saturated carbocycles. The molecule has 120 valence electrons. The molecule has 1 aliphatic rings. The van der Waals surface area contributed by atoms with Crippen LogP contribution in [0.2, 0.25) is 0 Å². The lowest BCUT2D eigenvalue weighted by molar-refractivity contribution is -0.130. The minimum atomic E-state index is -0.722. The summed E-state index contributed by atoms with van der Waals surface area (Å²) >= 11 is 0. The Balaban J connectivity index is 2.56. The van der Waals surface area contributed by atoms with E-state index in [-0.39, 0.29) is 6.54 Å². The largest absolute Gasteiger partial charge is 0.368 e. The standard InChI is InChI=1S/C14H26N4O3/c15-7-6-11(17-9-19)14(21)18-12(13(16)20)8-10-4-2-1-3-5-10/h9-12H,1-8,15H2,(H2,16,20)(H,17,19)(H,18,21)/t11-,12-/m0/s1. The maximum Gasteiger partial charge on any atom is 0.243 e. The van der Waals surface area contributed by atoms with Crippen molar-refractivity contribution >= 4 is 18.2 Å². The van der Waals surface area contributed by atoms with Crippen LogP contribution in [0.15, 0.2) is 0 Å². The zero-order valence-electron chi connectivity index (χ0n) is 12.3. The molecule has 21 heavy (non-hydrogen) atoms. The highest BCUT2D eigenvalue weighted by atomic mass is 16.2. The van der Waals surface area contributed by atoms with Crippen molar-refractivity contribution < 1.29 is 14.4 Å². The van der Waals surface area contributed by atoms with Crippen molar-refractivity contribution in [2.75, 3.05) is 6.54 Å². The molecule has 0 aromatic rings. The molecule has 0 radical (unpaired) electrons. The lowest BCUT2D eigenvalue weighted by atomic mass is 9.84. The predicted octanol–water partition coefficient (Wildman–Crippen LogP) is -0.610. The third-order valence-electron chi connectivity index (χ3n) is 3.99. The molecule has 3 amide bonds. The Morgan fingerprint density at radius 3 is 2.38 bits per heavy atom. The topological polar surface area (TPSA) is 127 Å². The summed E-state index contributed by atoms with van der Waals surface area (Å²) in [5, 5.41) is 5.05. The average molecular weight is 298 g/mol. The smallest absolute Gasteiger partial charge is 0.243 e. The van der Waals surface area contributed by atoms with Crippen LogP contribution in [0.25, 0.3) is 0 Å². The lowest BCUT2D eigenvalue weighted by Crippen LogP contribution is -2.52. The Bertz CT molecular complexity index is 356. The number of carbonyl (C=O) groups excluding carboxylic acids is 3. The summed E-state index contributed by atoms with van der Waals surface area (Å²) in [5.41, 5.74) is 10.8. The van der Waals surface area contributed by atoms with Gasteiger partial charge in [0.2, 0.25) is 18.2 Å². The average Bonchev–Trinajstić information content (AvgIpc) is 2.47. The van der Waals surface area contributed by atoms with Gasteiger partial charge in [0.15, 0.2) is 0 Å². The van der Waals surface area contributed by atoms with Gasteiger partial charge in [0.25, 0.3) is 0 Å². The minimum absolute atomic E-state index is 0.267. The van der Waals surface area contributed by atoms with Gasteiger partial charge in [-0.05, 0) is 25.3 Å². The highest BCUT2D eigenvalue weighted by molar-refractivity contribution is 5.89. The second kappa shape index (κ2) is 9.33. The van der Waals surface area contributed by atoms with Gasteiger partial charge >= 0.3 is 0 Å². The minimum Gasteiger partial charge on any atom is -0.368 e. The summed E-state index contributed by atoms with van der Waals surface area (Å²) in [6, 6.07) is -1.41. The number of hydrogen-bond acceptors (Lipinski definition) is 4. The van der Waals surface area contributed by atoms with E-state index in [9.17, 15) is 14.4 Å². The fraction of sp³-hybridized carbons (Fsp3) is 0.786.